The van der Waals surface area contributed by atoms with E-state index >= 15 is 0 Å². The molecule has 0 bridgehead atoms. The molecule has 0 aliphatic carbocycles. The normalized spacial score (nSPS) is 14.5. The van der Waals surface area contributed by atoms with Crippen molar-refractivity contribution in [1.82, 2.24) is 19.7 Å². The van der Waals surface area contributed by atoms with E-state index in [0.717, 1.165) is 22.9 Å². The zero-order chi connectivity index (χ0) is 20.9. The lowest BCUT2D eigenvalue weighted by Gasteiger charge is -2.27. The molecule has 4 rings (SSSR count). The summed E-state index contributed by atoms with van der Waals surface area (Å²) in [5.41, 5.74) is 2.54. The van der Waals surface area contributed by atoms with Gasteiger partial charge >= 0.3 is 6.18 Å². The number of alkyl halides is 3. The van der Waals surface area contributed by atoms with Crippen LogP contribution in [0.15, 0.2) is 30.5 Å². The predicted molar refractivity (Wildman–Crippen MR) is 103 cm³/mol. The van der Waals surface area contributed by atoms with Crippen LogP contribution in [-0.2, 0) is 23.9 Å². The second-order valence-corrected chi connectivity index (χ2v) is 7.60. The Balaban J connectivity index is 1.91. The molecule has 0 N–H and O–H groups in total. The summed E-state index contributed by atoms with van der Waals surface area (Å²) in [5.74, 6) is -0.00620. The molecule has 0 radical (unpaired) electrons. The number of carbonyl (C=O) groups excluding carboxylic acids is 1. The molecule has 1 aromatic carbocycles. The van der Waals surface area contributed by atoms with Crippen LogP contribution >= 0.6 is 0 Å². The number of halogens is 3. The van der Waals surface area contributed by atoms with Crippen molar-refractivity contribution in [3.05, 3.63) is 47.4 Å². The maximum Gasteiger partial charge on any atom is 0.433 e. The number of amides is 1. The Bertz CT molecular complexity index is 1100. The quantitative estimate of drug-likeness (QED) is 0.629. The molecule has 5 nitrogen and oxygen atoms in total. The minimum atomic E-state index is -4.50. The number of nitrogens with zero attached hydrogens (tertiary/aromatic N) is 4. The van der Waals surface area contributed by atoms with Gasteiger partial charge in [-0.3, -0.25) is 14.5 Å². The molecule has 0 unspecified atom stereocenters. The Hall–Kier alpha value is -2.90. The molecular formula is C21H21F3N4O. The molecule has 8 heteroatoms. The van der Waals surface area contributed by atoms with Gasteiger partial charge in [0.25, 0.3) is 0 Å². The fourth-order valence-electron chi connectivity index (χ4n) is 3.89. The van der Waals surface area contributed by atoms with Gasteiger partial charge < -0.3 is 4.90 Å². The van der Waals surface area contributed by atoms with E-state index in [1.54, 1.807) is 17.0 Å². The predicted octanol–water partition coefficient (Wildman–Crippen LogP) is 4.60. The lowest BCUT2D eigenvalue weighted by molar-refractivity contribution is -0.141. The average Bonchev–Trinajstić information content (AvgIpc) is 3.05. The first-order chi connectivity index (χ1) is 13.7. The summed E-state index contributed by atoms with van der Waals surface area (Å²) in [6.45, 7) is 6.69. The maximum absolute atomic E-state index is 13.1. The number of aromatic nitrogens is 3. The second kappa shape index (κ2) is 6.86. The van der Waals surface area contributed by atoms with E-state index in [9.17, 15) is 18.0 Å². The minimum absolute atomic E-state index is 0.00620. The van der Waals surface area contributed by atoms with Gasteiger partial charge in [0.2, 0.25) is 5.91 Å². The topological polar surface area (TPSA) is 51.0 Å². The van der Waals surface area contributed by atoms with Gasteiger partial charge in [0, 0.05) is 60.9 Å². The number of pyridine rings is 1. The van der Waals surface area contributed by atoms with Crippen molar-refractivity contribution < 1.29 is 18.0 Å². The SMILES string of the molecule is CC(=O)N1CCc2c(c(-c3cccc4cc(C(F)(F)F)ncc34)nn2C(C)C)C1. The van der Waals surface area contributed by atoms with Crippen molar-refractivity contribution >= 4 is 16.7 Å². The number of fused-ring (bicyclic) bond motifs is 2. The van der Waals surface area contributed by atoms with Gasteiger partial charge in [-0.05, 0) is 25.3 Å². The van der Waals surface area contributed by atoms with Gasteiger partial charge in [0.05, 0.1) is 5.69 Å². The summed E-state index contributed by atoms with van der Waals surface area (Å²) in [6, 6.07) is 6.41. The molecule has 29 heavy (non-hydrogen) atoms. The molecule has 0 saturated carbocycles. The van der Waals surface area contributed by atoms with Crippen LogP contribution in [0.3, 0.4) is 0 Å². The van der Waals surface area contributed by atoms with E-state index in [2.05, 4.69) is 4.98 Å². The summed E-state index contributed by atoms with van der Waals surface area (Å²) >= 11 is 0. The van der Waals surface area contributed by atoms with E-state index in [-0.39, 0.29) is 11.9 Å². The Morgan fingerprint density at radius 2 is 2.00 bits per heavy atom. The van der Waals surface area contributed by atoms with Crippen LogP contribution in [0.2, 0.25) is 0 Å². The van der Waals surface area contributed by atoms with Crippen molar-refractivity contribution in [2.24, 2.45) is 0 Å². The zero-order valence-corrected chi connectivity index (χ0v) is 16.4. The fraction of sp³-hybridized carbons (Fsp3) is 0.381. The van der Waals surface area contributed by atoms with Crippen LogP contribution in [0.4, 0.5) is 13.2 Å². The number of rotatable bonds is 2. The van der Waals surface area contributed by atoms with Gasteiger partial charge in [-0.15, -0.1) is 0 Å². The highest BCUT2D eigenvalue weighted by Gasteiger charge is 2.33. The van der Waals surface area contributed by atoms with Crippen molar-refractivity contribution in [1.29, 1.82) is 0 Å². The third kappa shape index (κ3) is 3.36. The van der Waals surface area contributed by atoms with Gasteiger partial charge in [0.15, 0.2) is 0 Å². The highest BCUT2D eigenvalue weighted by Crippen LogP contribution is 2.37. The molecule has 0 saturated heterocycles. The molecule has 1 aliphatic heterocycles. The molecule has 152 valence electrons. The molecule has 0 spiro atoms. The Morgan fingerprint density at radius 1 is 1.24 bits per heavy atom. The summed E-state index contributed by atoms with van der Waals surface area (Å²) in [4.78, 5) is 17.3. The summed E-state index contributed by atoms with van der Waals surface area (Å²) < 4.78 is 41.1. The van der Waals surface area contributed by atoms with E-state index in [0.29, 0.717) is 36.0 Å². The van der Waals surface area contributed by atoms with Gasteiger partial charge in [-0.25, -0.2) is 0 Å². The van der Waals surface area contributed by atoms with E-state index in [1.807, 2.05) is 24.6 Å². The third-order valence-corrected chi connectivity index (χ3v) is 5.33. The molecule has 3 aromatic rings. The van der Waals surface area contributed by atoms with Gasteiger partial charge in [0.1, 0.15) is 5.69 Å². The van der Waals surface area contributed by atoms with E-state index in [4.69, 9.17) is 5.10 Å². The Morgan fingerprint density at radius 3 is 2.66 bits per heavy atom. The molecule has 1 amide bonds. The summed E-state index contributed by atoms with van der Waals surface area (Å²) in [7, 11) is 0. The van der Waals surface area contributed by atoms with E-state index in [1.165, 1.54) is 13.1 Å². The lowest BCUT2D eigenvalue weighted by Crippen LogP contribution is -2.34. The number of benzene rings is 1. The molecule has 1 aliphatic rings. The number of carbonyl (C=O) groups is 1. The Labute approximate surface area is 166 Å². The van der Waals surface area contributed by atoms with Crippen LogP contribution in [0.25, 0.3) is 22.0 Å². The van der Waals surface area contributed by atoms with Gasteiger partial charge in [-0.1, -0.05) is 18.2 Å². The van der Waals surface area contributed by atoms with Crippen LogP contribution in [-0.4, -0.2) is 32.1 Å². The first kappa shape index (κ1) is 19.4. The standard InChI is InChI=1S/C21H21F3N4O/c1-12(2)28-18-7-8-27(13(3)29)11-17(18)20(26-28)15-6-4-5-14-9-19(21(22,23)24)25-10-16(14)15/h4-6,9-10,12H,7-8,11H2,1-3H3. The molecule has 3 heterocycles. The summed E-state index contributed by atoms with van der Waals surface area (Å²) in [6.07, 6.45) is -2.54. The zero-order valence-electron chi connectivity index (χ0n) is 16.4. The van der Waals surface area contributed by atoms with Gasteiger partial charge in [-0.2, -0.15) is 18.3 Å². The van der Waals surface area contributed by atoms with Crippen LogP contribution in [0.1, 0.15) is 43.8 Å². The van der Waals surface area contributed by atoms with Crippen LogP contribution < -0.4 is 0 Å². The Kier molecular flexibility index (Phi) is 4.59. The largest absolute Gasteiger partial charge is 0.433 e. The molecule has 0 atom stereocenters. The molecular weight excluding hydrogens is 381 g/mol. The summed E-state index contributed by atoms with van der Waals surface area (Å²) in [5, 5.41) is 5.87. The van der Waals surface area contributed by atoms with Crippen molar-refractivity contribution in [3.63, 3.8) is 0 Å². The average molecular weight is 402 g/mol. The third-order valence-electron chi connectivity index (χ3n) is 5.33. The molecule has 2 aromatic heterocycles. The highest BCUT2D eigenvalue weighted by molar-refractivity contribution is 5.96. The lowest BCUT2D eigenvalue weighted by atomic mass is 9.97. The minimum Gasteiger partial charge on any atom is -0.338 e. The smallest absolute Gasteiger partial charge is 0.338 e. The van der Waals surface area contributed by atoms with Crippen LogP contribution in [0, 0.1) is 0 Å². The maximum atomic E-state index is 13.1. The number of hydrogen-bond donors (Lipinski definition) is 0. The van der Waals surface area contributed by atoms with Crippen molar-refractivity contribution in [3.8, 4) is 11.3 Å². The second-order valence-electron chi connectivity index (χ2n) is 7.60. The monoisotopic (exact) mass is 402 g/mol. The highest BCUT2D eigenvalue weighted by atomic mass is 19.4. The molecule has 0 fully saturated rings. The first-order valence-electron chi connectivity index (χ1n) is 9.49. The van der Waals surface area contributed by atoms with E-state index < -0.39 is 11.9 Å². The van der Waals surface area contributed by atoms with Crippen molar-refractivity contribution in [2.75, 3.05) is 6.54 Å². The van der Waals surface area contributed by atoms with Crippen molar-refractivity contribution in [2.45, 2.75) is 46.0 Å². The van der Waals surface area contributed by atoms with Crippen LogP contribution in [0.5, 0.6) is 0 Å². The number of hydrogen-bond acceptors (Lipinski definition) is 3. The first-order valence-corrected chi connectivity index (χ1v) is 9.49. The fourth-order valence-corrected chi connectivity index (χ4v) is 3.89.